The first-order valence-electron chi connectivity index (χ1n) is 5.10. The first kappa shape index (κ1) is 10.3. The molecule has 74 valence electrons. The average molecular weight is 181 g/mol. The Morgan fingerprint density at radius 3 is 2.15 bits per heavy atom. The minimum atomic E-state index is 0.938. The number of hydrogen-bond donors (Lipinski definition) is 0. The van der Waals surface area contributed by atoms with Gasteiger partial charge in [-0.1, -0.05) is 20.8 Å². The lowest BCUT2D eigenvalue weighted by atomic mass is 10.3. The maximum Gasteiger partial charge on any atom is 0.118 e. The molecule has 2 heteroatoms. The summed E-state index contributed by atoms with van der Waals surface area (Å²) < 4.78 is 5.63. The fraction of sp³-hybridized carbons (Fsp3) is 0.636. The van der Waals surface area contributed by atoms with Gasteiger partial charge in [0.25, 0.3) is 0 Å². The Labute approximate surface area is 80.5 Å². The fourth-order valence-electron chi connectivity index (χ4n) is 1.36. The molecule has 0 radical (unpaired) electrons. The quantitative estimate of drug-likeness (QED) is 0.694. The summed E-state index contributed by atoms with van der Waals surface area (Å²) in [4.78, 5) is 2.35. The molecular weight excluding hydrogens is 162 g/mol. The molecule has 0 spiro atoms. The van der Waals surface area contributed by atoms with Crippen molar-refractivity contribution in [3.63, 3.8) is 0 Å². The van der Waals surface area contributed by atoms with Crippen molar-refractivity contribution in [2.45, 2.75) is 33.7 Å². The van der Waals surface area contributed by atoms with E-state index in [1.165, 1.54) is 0 Å². The van der Waals surface area contributed by atoms with E-state index in [9.17, 15) is 0 Å². The Morgan fingerprint density at radius 1 is 1.08 bits per heavy atom. The van der Waals surface area contributed by atoms with Crippen LogP contribution in [0, 0.1) is 0 Å². The standard InChI is InChI=1S/C11H19NO/c1-4-10-7-8-11(13-10)9-12(5-2)6-3/h7-8H,4-6,9H2,1-3H3. The molecule has 1 aromatic heterocycles. The van der Waals surface area contributed by atoms with Gasteiger partial charge in [-0.2, -0.15) is 0 Å². The molecule has 1 heterocycles. The summed E-state index contributed by atoms with van der Waals surface area (Å²) in [6.45, 7) is 9.56. The first-order chi connectivity index (χ1) is 6.30. The molecule has 0 aliphatic heterocycles. The van der Waals surface area contributed by atoms with Gasteiger partial charge in [0, 0.05) is 6.42 Å². The first-order valence-corrected chi connectivity index (χ1v) is 5.10. The van der Waals surface area contributed by atoms with Crippen LogP contribution in [0.4, 0.5) is 0 Å². The molecule has 0 amide bonds. The van der Waals surface area contributed by atoms with E-state index in [4.69, 9.17) is 4.42 Å². The van der Waals surface area contributed by atoms with Crippen LogP contribution in [0.3, 0.4) is 0 Å². The maximum atomic E-state index is 5.63. The molecule has 0 aliphatic carbocycles. The highest BCUT2D eigenvalue weighted by molar-refractivity contribution is 5.06. The van der Waals surface area contributed by atoms with Gasteiger partial charge in [-0.05, 0) is 25.2 Å². The summed E-state index contributed by atoms with van der Waals surface area (Å²) in [7, 11) is 0. The smallest absolute Gasteiger partial charge is 0.118 e. The Morgan fingerprint density at radius 2 is 1.69 bits per heavy atom. The summed E-state index contributed by atoms with van der Waals surface area (Å²) in [6, 6.07) is 4.15. The Bertz CT molecular complexity index is 238. The number of hydrogen-bond acceptors (Lipinski definition) is 2. The van der Waals surface area contributed by atoms with Crippen molar-refractivity contribution < 1.29 is 4.42 Å². The zero-order chi connectivity index (χ0) is 9.68. The second-order valence-electron chi connectivity index (χ2n) is 3.18. The van der Waals surface area contributed by atoms with Crippen molar-refractivity contribution in [3.8, 4) is 0 Å². The average Bonchev–Trinajstić information content (AvgIpc) is 2.61. The fourth-order valence-corrected chi connectivity index (χ4v) is 1.36. The molecule has 0 saturated heterocycles. The topological polar surface area (TPSA) is 16.4 Å². The number of furan rings is 1. The third-order valence-electron chi connectivity index (χ3n) is 2.34. The Balaban J connectivity index is 2.52. The van der Waals surface area contributed by atoms with E-state index in [1.807, 2.05) is 0 Å². The van der Waals surface area contributed by atoms with Crippen molar-refractivity contribution >= 4 is 0 Å². The van der Waals surface area contributed by atoms with Crippen LogP contribution >= 0.6 is 0 Å². The van der Waals surface area contributed by atoms with Crippen molar-refractivity contribution in [1.82, 2.24) is 4.90 Å². The van der Waals surface area contributed by atoms with E-state index in [-0.39, 0.29) is 0 Å². The second-order valence-corrected chi connectivity index (χ2v) is 3.18. The van der Waals surface area contributed by atoms with Crippen molar-refractivity contribution in [1.29, 1.82) is 0 Å². The highest BCUT2D eigenvalue weighted by Crippen LogP contribution is 2.10. The van der Waals surface area contributed by atoms with Crippen LogP contribution in [-0.2, 0) is 13.0 Å². The number of nitrogens with zero attached hydrogens (tertiary/aromatic N) is 1. The van der Waals surface area contributed by atoms with E-state index in [1.54, 1.807) is 0 Å². The van der Waals surface area contributed by atoms with E-state index in [0.29, 0.717) is 0 Å². The zero-order valence-corrected chi connectivity index (χ0v) is 8.84. The van der Waals surface area contributed by atoms with E-state index in [0.717, 1.165) is 37.6 Å². The molecule has 0 fully saturated rings. The van der Waals surface area contributed by atoms with Gasteiger partial charge in [-0.25, -0.2) is 0 Å². The molecule has 0 atom stereocenters. The largest absolute Gasteiger partial charge is 0.465 e. The summed E-state index contributed by atoms with van der Waals surface area (Å²) in [5.41, 5.74) is 0. The molecule has 1 rings (SSSR count). The van der Waals surface area contributed by atoms with Crippen LogP contribution in [0.5, 0.6) is 0 Å². The van der Waals surface area contributed by atoms with Crippen molar-refractivity contribution in [3.05, 3.63) is 23.7 Å². The minimum absolute atomic E-state index is 0.938. The van der Waals surface area contributed by atoms with Gasteiger partial charge >= 0.3 is 0 Å². The third kappa shape index (κ3) is 2.88. The molecule has 0 aliphatic rings. The second kappa shape index (κ2) is 5.07. The van der Waals surface area contributed by atoms with E-state index in [2.05, 4.69) is 37.8 Å². The lowest BCUT2D eigenvalue weighted by Gasteiger charge is -2.15. The van der Waals surface area contributed by atoms with Crippen LogP contribution in [0.15, 0.2) is 16.5 Å². The summed E-state index contributed by atoms with van der Waals surface area (Å²) in [5.74, 6) is 2.17. The molecule has 0 bridgehead atoms. The van der Waals surface area contributed by atoms with Crippen molar-refractivity contribution in [2.75, 3.05) is 13.1 Å². The molecule has 0 N–H and O–H groups in total. The van der Waals surface area contributed by atoms with E-state index < -0.39 is 0 Å². The molecule has 0 unspecified atom stereocenters. The normalized spacial score (nSPS) is 11.1. The summed E-state index contributed by atoms with van der Waals surface area (Å²) >= 11 is 0. The lowest BCUT2D eigenvalue weighted by Crippen LogP contribution is -2.21. The number of aryl methyl sites for hydroxylation is 1. The predicted molar refractivity (Wildman–Crippen MR) is 54.7 cm³/mol. The van der Waals surface area contributed by atoms with Gasteiger partial charge in [0.05, 0.1) is 6.54 Å². The van der Waals surface area contributed by atoms with Crippen LogP contribution in [0.25, 0.3) is 0 Å². The van der Waals surface area contributed by atoms with Crippen LogP contribution in [-0.4, -0.2) is 18.0 Å². The predicted octanol–water partition coefficient (Wildman–Crippen LogP) is 2.68. The molecule has 0 saturated carbocycles. The maximum absolute atomic E-state index is 5.63. The van der Waals surface area contributed by atoms with Crippen LogP contribution in [0.1, 0.15) is 32.3 Å². The molecule has 13 heavy (non-hydrogen) atoms. The molecule has 2 nitrogen and oxygen atoms in total. The van der Waals surface area contributed by atoms with E-state index >= 15 is 0 Å². The Kier molecular flexibility index (Phi) is 4.03. The summed E-state index contributed by atoms with van der Waals surface area (Å²) in [6.07, 6.45) is 0.984. The minimum Gasteiger partial charge on any atom is -0.465 e. The molecule has 0 aromatic carbocycles. The van der Waals surface area contributed by atoms with Gasteiger partial charge in [0.2, 0.25) is 0 Å². The van der Waals surface area contributed by atoms with Gasteiger partial charge in [0.15, 0.2) is 0 Å². The highest BCUT2D eigenvalue weighted by atomic mass is 16.3. The van der Waals surface area contributed by atoms with Gasteiger partial charge < -0.3 is 4.42 Å². The number of rotatable bonds is 5. The van der Waals surface area contributed by atoms with Crippen LogP contribution in [0.2, 0.25) is 0 Å². The molecule has 1 aromatic rings. The van der Waals surface area contributed by atoms with Gasteiger partial charge in [-0.15, -0.1) is 0 Å². The zero-order valence-electron chi connectivity index (χ0n) is 8.84. The summed E-state index contributed by atoms with van der Waals surface area (Å²) in [5, 5.41) is 0. The van der Waals surface area contributed by atoms with Crippen molar-refractivity contribution in [2.24, 2.45) is 0 Å². The van der Waals surface area contributed by atoms with Crippen LogP contribution < -0.4 is 0 Å². The monoisotopic (exact) mass is 181 g/mol. The third-order valence-corrected chi connectivity index (χ3v) is 2.34. The molecular formula is C11H19NO. The Hall–Kier alpha value is -0.760. The SMILES string of the molecule is CCc1ccc(CN(CC)CC)o1. The van der Waals surface area contributed by atoms with Gasteiger partial charge in [-0.3, -0.25) is 4.90 Å². The van der Waals surface area contributed by atoms with Gasteiger partial charge in [0.1, 0.15) is 11.5 Å². The highest BCUT2D eigenvalue weighted by Gasteiger charge is 2.04. The lowest BCUT2D eigenvalue weighted by molar-refractivity contribution is 0.266.